The molecule has 2 aromatic rings. The van der Waals surface area contributed by atoms with E-state index in [1.165, 1.54) is 5.39 Å². The van der Waals surface area contributed by atoms with Crippen molar-refractivity contribution in [1.82, 2.24) is 0 Å². The molecule has 0 fully saturated rings. The fourth-order valence-corrected chi connectivity index (χ4v) is 1.46. The van der Waals surface area contributed by atoms with Crippen LogP contribution in [0.4, 0.5) is 0 Å². The molecule has 0 saturated carbocycles. The number of benzene rings is 2. The van der Waals surface area contributed by atoms with Crippen LogP contribution in [0.3, 0.4) is 0 Å². The van der Waals surface area contributed by atoms with Crippen LogP contribution in [0.25, 0.3) is 10.8 Å². The largest absolute Gasteiger partial charge is 0.497 e. The van der Waals surface area contributed by atoms with Crippen LogP contribution >= 0.6 is 0 Å². The van der Waals surface area contributed by atoms with Crippen LogP contribution in [0, 0.1) is 0 Å². The van der Waals surface area contributed by atoms with Gasteiger partial charge in [-0.05, 0) is 35.0 Å². The molecule has 2 heteroatoms. The molecule has 2 nitrogen and oxygen atoms in total. The molecule has 0 spiro atoms. The van der Waals surface area contributed by atoms with E-state index < -0.39 is 0 Å². The van der Waals surface area contributed by atoms with Crippen LogP contribution in [0.15, 0.2) is 62.7 Å². The fourth-order valence-electron chi connectivity index (χ4n) is 1.46. The Hall–Kier alpha value is -2.22. The molecule has 0 unspecified atom stereocenters. The minimum absolute atomic E-state index is 0.866. The summed E-state index contributed by atoms with van der Waals surface area (Å²) in [7, 11) is 3.34. The first kappa shape index (κ1) is 15.8. The van der Waals surface area contributed by atoms with Gasteiger partial charge in [-0.2, -0.15) is 0 Å². The number of hydrogen-bond donors (Lipinski definition) is 0. The predicted octanol–water partition coefficient (Wildman–Crippen LogP) is 4.46. The normalized spacial score (nSPS) is 8.33. The Morgan fingerprint density at radius 3 is 1.39 bits per heavy atom. The summed E-state index contributed by atoms with van der Waals surface area (Å²) in [5.41, 5.74) is 0. The minimum Gasteiger partial charge on any atom is -0.497 e. The highest BCUT2D eigenvalue weighted by Gasteiger charge is 1.97. The van der Waals surface area contributed by atoms with Crippen molar-refractivity contribution in [2.75, 3.05) is 14.2 Å². The summed E-state index contributed by atoms with van der Waals surface area (Å²) in [6, 6.07) is 12.0. The first-order valence-electron chi connectivity index (χ1n) is 5.45. The summed E-state index contributed by atoms with van der Waals surface area (Å²) in [6.45, 7) is 12.0. The molecule has 0 bridgehead atoms. The van der Waals surface area contributed by atoms with E-state index in [9.17, 15) is 0 Å². The Kier molecular flexibility index (Phi) is 7.78. The molecule has 0 atom stereocenters. The van der Waals surface area contributed by atoms with E-state index in [4.69, 9.17) is 9.47 Å². The number of ether oxygens (including phenoxy) is 2. The van der Waals surface area contributed by atoms with E-state index >= 15 is 0 Å². The Balaban J connectivity index is 0.000000659. The van der Waals surface area contributed by atoms with Gasteiger partial charge in [0.2, 0.25) is 0 Å². The first-order chi connectivity index (χ1) is 8.83. The van der Waals surface area contributed by atoms with E-state index in [0.29, 0.717) is 0 Å². The molecule has 0 saturated heterocycles. The number of hydrogen-bond acceptors (Lipinski definition) is 2. The van der Waals surface area contributed by atoms with Gasteiger partial charge in [0.25, 0.3) is 0 Å². The lowest BCUT2D eigenvalue weighted by atomic mass is 10.1. The molecule has 2 rings (SSSR count). The highest BCUT2D eigenvalue weighted by atomic mass is 16.5. The lowest BCUT2D eigenvalue weighted by Gasteiger charge is -2.04. The van der Waals surface area contributed by atoms with Gasteiger partial charge in [0, 0.05) is 0 Å². The number of methoxy groups -OCH3 is 2. The second-order valence-corrected chi connectivity index (χ2v) is 3.08. The molecule has 0 aliphatic rings. The second kappa shape index (κ2) is 8.88. The van der Waals surface area contributed by atoms with Gasteiger partial charge in [-0.1, -0.05) is 12.1 Å². The average Bonchev–Trinajstić information content (AvgIpc) is 2.50. The SMILES string of the molecule is C=C.C=C.COc1ccc2ccc(OC)cc2c1. The summed E-state index contributed by atoms with van der Waals surface area (Å²) >= 11 is 0. The monoisotopic (exact) mass is 244 g/mol. The lowest BCUT2D eigenvalue weighted by Crippen LogP contribution is -1.84. The van der Waals surface area contributed by atoms with Gasteiger partial charge in [-0.15, -0.1) is 26.3 Å². The maximum atomic E-state index is 5.15. The third-order valence-electron chi connectivity index (χ3n) is 2.25. The molecule has 0 aliphatic heterocycles. The molecule has 0 N–H and O–H groups in total. The van der Waals surface area contributed by atoms with Crippen LogP contribution in [0.5, 0.6) is 11.5 Å². The Bertz CT molecular complexity index is 437. The topological polar surface area (TPSA) is 18.5 Å². The Morgan fingerprint density at radius 2 is 1.06 bits per heavy atom. The molecular formula is C16H20O2. The molecule has 0 aromatic heterocycles. The van der Waals surface area contributed by atoms with Crippen molar-refractivity contribution in [3.63, 3.8) is 0 Å². The summed E-state index contributed by atoms with van der Waals surface area (Å²) in [5, 5.41) is 2.32. The summed E-state index contributed by atoms with van der Waals surface area (Å²) in [5.74, 6) is 1.73. The van der Waals surface area contributed by atoms with E-state index in [-0.39, 0.29) is 0 Å². The molecule has 0 aliphatic carbocycles. The Labute approximate surface area is 109 Å². The van der Waals surface area contributed by atoms with Crippen molar-refractivity contribution in [3.05, 3.63) is 62.7 Å². The standard InChI is InChI=1S/C12H12O2.2C2H4/c1-13-11-5-3-9-4-6-12(14-2)8-10(9)7-11;2*1-2/h3-8H,1-2H3;2*1-2H2. The van der Waals surface area contributed by atoms with E-state index in [1.807, 2.05) is 36.4 Å². The fraction of sp³-hybridized carbons (Fsp3) is 0.125. The molecule has 2 aromatic carbocycles. The van der Waals surface area contributed by atoms with E-state index in [0.717, 1.165) is 16.9 Å². The molecule has 18 heavy (non-hydrogen) atoms. The van der Waals surface area contributed by atoms with Gasteiger partial charge < -0.3 is 9.47 Å². The zero-order valence-electron chi connectivity index (χ0n) is 11.1. The van der Waals surface area contributed by atoms with Crippen LogP contribution < -0.4 is 9.47 Å². The second-order valence-electron chi connectivity index (χ2n) is 3.08. The van der Waals surface area contributed by atoms with Gasteiger partial charge in [0.15, 0.2) is 0 Å². The van der Waals surface area contributed by atoms with Crippen LogP contribution in [0.1, 0.15) is 0 Å². The highest BCUT2D eigenvalue weighted by Crippen LogP contribution is 2.24. The van der Waals surface area contributed by atoms with Crippen LogP contribution in [-0.4, -0.2) is 14.2 Å². The van der Waals surface area contributed by atoms with E-state index in [2.05, 4.69) is 26.3 Å². The number of fused-ring (bicyclic) bond motifs is 1. The number of rotatable bonds is 2. The quantitative estimate of drug-likeness (QED) is 0.726. The van der Waals surface area contributed by atoms with Crippen molar-refractivity contribution in [2.24, 2.45) is 0 Å². The molecule has 0 radical (unpaired) electrons. The third kappa shape index (κ3) is 3.98. The van der Waals surface area contributed by atoms with Gasteiger partial charge in [-0.3, -0.25) is 0 Å². The van der Waals surface area contributed by atoms with Crippen LogP contribution in [0.2, 0.25) is 0 Å². The summed E-state index contributed by atoms with van der Waals surface area (Å²) < 4.78 is 10.3. The predicted molar refractivity (Wildman–Crippen MR) is 79.6 cm³/mol. The summed E-state index contributed by atoms with van der Waals surface area (Å²) in [6.07, 6.45) is 0. The maximum absolute atomic E-state index is 5.15. The van der Waals surface area contributed by atoms with Crippen molar-refractivity contribution in [2.45, 2.75) is 0 Å². The average molecular weight is 244 g/mol. The highest BCUT2D eigenvalue weighted by molar-refractivity contribution is 5.85. The van der Waals surface area contributed by atoms with Crippen molar-refractivity contribution in [3.8, 4) is 11.5 Å². The van der Waals surface area contributed by atoms with Gasteiger partial charge in [0.05, 0.1) is 14.2 Å². The third-order valence-corrected chi connectivity index (χ3v) is 2.25. The minimum atomic E-state index is 0.866. The maximum Gasteiger partial charge on any atom is 0.119 e. The summed E-state index contributed by atoms with van der Waals surface area (Å²) in [4.78, 5) is 0. The van der Waals surface area contributed by atoms with Crippen molar-refractivity contribution >= 4 is 10.8 Å². The van der Waals surface area contributed by atoms with Gasteiger partial charge in [-0.25, -0.2) is 0 Å². The zero-order valence-corrected chi connectivity index (χ0v) is 11.1. The van der Waals surface area contributed by atoms with E-state index in [1.54, 1.807) is 14.2 Å². The lowest BCUT2D eigenvalue weighted by molar-refractivity contribution is 0.414. The molecular weight excluding hydrogens is 224 g/mol. The van der Waals surface area contributed by atoms with Gasteiger partial charge >= 0.3 is 0 Å². The van der Waals surface area contributed by atoms with Crippen molar-refractivity contribution in [1.29, 1.82) is 0 Å². The first-order valence-corrected chi connectivity index (χ1v) is 5.45. The zero-order chi connectivity index (χ0) is 14.0. The smallest absolute Gasteiger partial charge is 0.119 e. The molecule has 96 valence electrons. The molecule has 0 heterocycles. The van der Waals surface area contributed by atoms with Crippen molar-refractivity contribution < 1.29 is 9.47 Å². The van der Waals surface area contributed by atoms with Gasteiger partial charge in [0.1, 0.15) is 11.5 Å². The molecule has 0 amide bonds. The van der Waals surface area contributed by atoms with Crippen LogP contribution in [-0.2, 0) is 0 Å². The Morgan fingerprint density at radius 1 is 0.667 bits per heavy atom.